The van der Waals surface area contributed by atoms with Gasteiger partial charge in [-0.05, 0) is 25.1 Å². The van der Waals surface area contributed by atoms with E-state index in [1.54, 1.807) is 6.92 Å². The first-order valence-electron chi connectivity index (χ1n) is 7.56. The fraction of sp³-hybridized carbons (Fsp3) is 0.375. The molecule has 0 heterocycles. The minimum atomic E-state index is -4.16. The fourth-order valence-corrected chi connectivity index (χ4v) is 3.00. The summed E-state index contributed by atoms with van der Waals surface area (Å²) < 4.78 is 49.6. The zero-order valence-corrected chi connectivity index (χ0v) is 15.3. The molecule has 2 N–H and O–H groups in total. The van der Waals surface area contributed by atoms with E-state index in [4.69, 9.17) is 9.47 Å². The molecule has 0 aliphatic carbocycles. The van der Waals surface area contributed by atoms with E-state index in [-0.39, 0.29) is 24.8 Å². The van der Waals surface area contributed by atoms with Crippen molar-refractivity contribution in [2.45, 2.75) is 17.9 Å². The average molecular weight is 388 g/mol. The van der Waals surface area contributed by atoms with Crippen LogP contribution in [0.15, 0.2) is 35.7 Å². The molecule has 1 unspecified atom stereocenters. The van der Waals surface area contributed by atoms with E-state index in [2.05, 4.69) is 16.6 Å². The maximum Gasteiger partial charge on any atom is 0.338 e. The van der Waals surface area contributed by atoms with Crippen molar-refractivity contribution in [2.75, 3.05) is 26.9 Å². The molecular formula is C16H21FN2O6S. The summed E-state index contributed by atoms with van der Waals surface area (Å²) in [6.45, 7) is 4.68. The lowest BCUT2D eigenvalue weighted by Crippen LogP contribution is -2.38. The van der Waals surface area contributed by atoms with Crippen LogP contribution < -0.4 is 10.0 Å². The minimum Gasteiger partial charge on any atom is -0.452 e. The largest absolute Gasteiger partial charge is 0.452 e. The Morgan fingerprint density at radius 3 is 2.69 bits per heavy atom. The zero-order chi connectivity index (χ0) is 19.7. The highest BCUT2D eigenvalue weighted by Gasteiger charge is 2.21. The molecule has 0 spiro atoms. The van der Waals surface area contributed by atoms with Crippen LogP contribution in [0.25, 0.3) is 0 Å². The van der Waals surface area contributed by atoms with Gasteiger partial charge in [-0.25, -0.2) is 22.3 Å². The van der Waals surface area contributed by atoms with Crippen LogP contribution in [0.4, 0.5) is 4.39 Å². The summed E-state index contributed by atoms with van der Waals surface area (Å²) in [4.78, 5) is 22.9. The molecule has 8 nitrogen and oxygen atoms in total. The molecule has 10 heteroatoms. The van der Waals surface area contributed by atoms with E-state index in [0.29, 0.717) is 0 Å². The molecule has 0 saturated heterocycles. The molecule has 26 heavy (non-hydrogen) atoms. The van der Waals surface area contributed by atoms with E-state index in [0.717, 1.165) is 18.2 Å². The van der Waals surface area contributed by atoms with Gasteiger partial charge in [-0.1, -0.05) is 6.08 Å². The molecule has 0 aliphatic rings. The number of benzene rings is 1. The summed E-state index contributed by atoms with van der Waals surface area (Å²) in [5, 5.41) is 2.54. The number of amides is 1. The Morgan fingerprint density at radius 1 is 1.38 bits per heavy atom. The van der Waals surface area contributed by atoms with Crippen molar-refractivity contribution in [3.8, 4) is 0 Å². The number of rotatable bonds is 10. The van der Waals surface area contributed by atoms with Crippen molar-refractivity contribution in [1.82, 2.24) is 10.0 Å². The molecule has 1 rings (SSSR count). The van der Waals surface area contributed by atoms with Gasteiger partial charge >= 0.3 is 5.97 Å². The predicted octanol–water partition coefficient (Wildman–Crippen LogP) is 0.598. The quantitative estimate of drug-likeness (QED) is 0.449. The molecule has 0 radical (unpaired) electrons. The number of esters is 1. The van der Waals surface area contributed by atoms with Crippen molar-refractivity contribution >= 4 is 21.9 Å². The van der Waals surface area contributed by atoms with Crippen molar-refractivity contribution < 1.29 is 31.9 Å². The minimum absolute atomic E-state index is 0.101. The fourth-order valence-electron chi connectivity index (χ4n) is 1.91. The van der Waals surface area contributed by atoms with E-state index in [1.165, 1.54) is 13.2 Å². The number of carbonyl (C=O) groups is 2. The number of halogens is 1. The molecule has 0 saturated carbocycles. The lowest BCUT2D eigenvalue weighted by molar-refractivity contribution is -0.125. The number of nitrogens with one attached hydrogen (secondary N) is 2. The first-order valence-corrected chi connectivity index (χ1v) is 9.05. The van der Waals surface area contributed by atoms with Crippen molar-refractivity contribution in [2.24, 2.45) is 0 Å². The molecular weight excluding hydrogens is 367 g/mol. The van der Waals surface area contributed by atoms with Crippen LogP contribution in [0.5, 0.6) is 0 Å². The maximum atomic E-state index is 13.8. The molecule has 1 amide bonds. The number of carbonyl (C=O) groups excluding carboxylic acids is 2. The van der Waals surface area contributed by atoms with Crippen LogP contribution in [0.1, 0.15) is 17.3 Å². The van der Waals surface area contributed by atoms with Gasteiger partial charge in [-0.15, -0.1) is 6.58 Å². The molecule has 1 aromatic carbocycles. The topological polar surface area (TPSA) is 111 Å². The average Bonchev–Trinajstić information content (AvgIpc) is 2.58. The molecule has 0 bridgehead atoms. The van der Waals surface area contributed by atoms with Crippen molar-refractivity contribution in [3.63, 3.8) is 0 Å². The molecule has 1 aromatic rings. The SMILES string of the molecule is C=CCNS(=O)(=O)c1cc(C(=O)OCC(=O)NC(C)COC)ccc1F. The molecule has 0 aliphatic heterocycles. The summed E-state index contributed by atoms with van der Waals surface area (Å²) in [6, 6.07) is 2.47. The van der Waals surface area contributed by atoms with Gasteiger partial charge in [0.15, 0.2) is 6.61 Å². The van der Waals surface area contributed by atoms with Gasteiger partial charge in [0.25, 0.3) is 5.91 Å². The van der Waals surface area contributed by atoms with Crippen LogP contribution in [-0.4, -0.2) is 53.2 Å². The third kappa shape index (κ3) is 6.54. The smallest absolute Gasteiger partial charge is 0.338 e. The Morgan fingerprint density at radius 2 is 2.08 bits per heavy atom. The second-order valence-electron chi connectivity index (χ2n) is 5.29. The first-order chi connectivity index (χ1) is 12.2. The Balaban J connectivity index is 2.80. The maximum absolute atomic E-state index is 13.8. The summed E-state index contributed by atoms with van der Waals surface area (Å²) >= 11 is 0. The number of hydrogen-bond acceptors (Lipinski definition) is 6. The van der Waals surface area contributed by atoms with Gasteiger partial charge in [0, 0.05) is 19.7 Å². The Labute approximate surface area is 151 Å². The van der Waals surface area contributed by atoms with Crippen LogP contribution in [0.2, 0.25) is 0 Å². The number of sulfonamides is 1. The number of methoxy groups -OCH3 is 1. The van der Waals surface area contributed by atoms with E-state index >= 15 is 0 Å². The highest BCUT2D eigenvalue weighted by atomic mass is 32.2. The second kappa shape index (κ2) is 10.00. The van der Waals surface area contributed by atoms with Crippen LogP contribution in [0, 0.1) is 5.82 Å². The van der Waals surface area contributed by atoms with Gasteiger partial charge in [0.1, 0.15) is 10.7 Å². The van der Waals surface area contributed by atoms with Gasteiger partial charge < -0.3 is 14.8 Å². The Kier molecular flexibility index (Phi) is 8.36. The number of hydrogen-bond donors (Lipinski definition) is 2. The molecule has 144 valence electrons. The number of ether oxygens (including phenoxy) is 2. The zero-order valence-electron chi connectivity index (χ0n) is 14.5. The Hall–Kier alpha value is -2.30. The van der Waals surface area contributed by atoms with E-state index < -0.39 is 39.2 Å². The van der Waals surface area contributed by atoms with E-state index in [1.807, 2.05) is 0 Å². The van der Waals surface area contributed by atoms with Crippen LogP contribution >= 0.6 is 0 Å². The normalized spacial score (nSPS) is 12.3. The standard InChI is InChI=1S/C16H21FN2O6S/c1-4-7-18-26(22,23)14-8-12(5-6-13(14)17)16(21)25-10-15(20)19-11(2)9-24-3/h4-6,8,11,18H,1,7,9-10H2,2-3H3,(H,19,20). The lowest BCUT2D eigenvalue weighted by atomic mass is 10.2. The highest BCUT2D eigenvalue weighted by molar-refractivity contribution is 7.89. The van der Waals surface area contributed by atoms with Gasteiger partial charge in [0.05, 0.1) is 12.2 Å². The third-order valence-corrected chi connectivity index (χ3v) is 4.47. The second-order valence-corrected chi connectivity index (χ2v) is 7.02. The summed E-state index contributed by atoms with van der Waals surface area (Å²) in [5.41, 5.74) is -0.205. The van der Waals surface area contributed by atoms with Crippen molar-refractivity contribution in [3.05, 3.63) is 42.2 Å². The van der Waals surface area contributed by atoms with Crippen LogP contribution in [0.3, 0.4) is 0 Å². The van der Waals surface area contributed by atoms with Crippen molar-refractivity contribution in [1.29, 1.82) is 0 Å². The van der Waals surface area contributed by atoms with E-state index in [9.17, 15) is 22.4 Å². The Bertz CT molecular complexity index is 766. The third-order valence-electron chi connectivity index (χ3n) is 3.03. The highest BCUT2D eigenvalue weighted by Crippen LogP contribution is 2.17. The molecule has 1 atom stereocenters. The summed E-state index contributed by atoms with van der Waals surface area (Å²) in [6.07, 6.45) is 1.29. The predicted molar refractivity (Wildman–Crippen MR) is 91.5 cm³/mol. The summed E-state index contributed by atoms with van der Waals surface area (Å²) in [7, 11) is -2.68. The first kappa shape index (κ1) is 21.7. The van der Waals surface area contributed by atoms with Gasteiger partial charge in [-0.2, -0.15) is 0 Å². The molecule has 0 aromatic heterocycles. The summed E-state index contributed by atoms with van der Waals surface area (Å²) in [5.74, 6) is -2.53. The van der Waals surface area contributed by atoms with Gasteiger partial charge in [-0.3, -0.25) is 4.79 Å². The van der Waals surface area contributed by atoms with Gasteiger partial charge in [0.2, 0.25) is 10.0 Å². The lowest BCUT2D eigenvalue weighted by Gasteiger charge is -2.13. The molecule has 0 fully saturated rings. The van der Waals surface area contributed by atoms with Crippen LogP contribution in [-0.2, 0) is 24.3 Å². The monoisotopic (exact) mass is 388 g/mol.